The van der Waals surface area contributed by atoms with Crippen molar-refractivity contribution in [1.29, 1.82) is 0 Å². The summed E-state index contributed by atoms with van der Waals surface area (Å²) in [6.45, 7) is 0. The molecule has 4 saturated carbocycles. The predicted octanol–water partition coefficient (Wildman–Crippen LogP) is 14.9. The number of para-hydroxylation sites is 2. The molecule has 10 aromatic rings. The van der Waals surface area contributed by atoms with Crippen LogP contribution in [0.15, 0.2) is 162 Å². The molecule has 0 unspecified atom stereocenters. The van der Waals surface area contributed by atoms with Crippen molar-refractivity contribution >= 4 is 53.4 Å². The van der Waals surface area contributed by atoms with Gasteiger partial charge in [-0.1, -0.05) is 127 Å². The Morgan fingerprint density at radius 1 is 0.450 bits per heavy atom. The normalized spacial score (nSPS) is 20.8. The Balaban J connectivity index is 1.02. The van der Waals surface area contributed by atoms with Gasteiger partial charge in [-0.2, -0.15) is 0 Å². The van der Waals surface area contributed by atoms with E-state index in [4.69, 9.17) is 19.4 Å². The van der Waals surface area contributed by atoms with Gasteiger partial charge >= 0.3 is 0 Å². The third kappa shape index (κ3) is 5.45. The first kappa shape index (κ1) is 34.4. The van der Waals surface area contributed by atoms with Crippen LogP contribution in [-0.2, 0) is 5.41 Å². The number of hydrogen-bond acceptors (Lipinski definition) is 5. The molecule has 4 nitrogen and oxygen atoms in total. The molecule has 14 rings (SSSR count). The van der Waals surface area contributed by atoms with Crippen molar-refractivity contribution in [2.24, 2.45) is 17.8 Å². The highest BCUT2D eigenvalue weighted by Crippen LogP contribution is 2.61. The van der Waals surface area contributed by atoms with Crippen molar-refractivity contribution in [2.75, 3.05) is 0 Å². The van der Waals surface area contributed by atoms with E-state index in [1.54, 1.807) is 5.56 Å². The Hall–Kier alpha value is -6.43. The zero-order valence-corrected chi connectivity index (χ0v) is 34.0. The van der Waals surface area contributed by atoms with Crippen molar-refractivity contribution in [3.63, 3.8) is 0 Å². The van der Waals surface area contributed by atoms with Gasteiger partial charge < -0.3 is 4.42 Å². The van der Waals surface area contributed by atoms with Crippen LogP contribution >= 0.6 is 11.3 Å². The number of rotatable bonds is 6. The second kappa shape index (κ2) is 13.3. The maximum atomic E-state index is 6.58. The zero-order chi connectivity index (χ0) is 39.4. The summed E-state index contributed by atoms with van der Waals surface area (Å²) in [5.74, 6) is 4.59. The molecule has 0 atom stereocenters. The highest BCUT2D eigenvalue weighted by atomic mass is 32.1. The third-order valence-electron chi connectivity index (χ3n) is 14.1. The second-order valence-electron chi connectivity index (χ2n) is 17.8. The lowest BCUT2D eigenvalue weighted by molar-refractivity contribution is -0.00518. The van der Waals surface area contributed by atoms with Gasteiger partial charge in [0.25, 0.3) is 0 Å². The molecule has 4 bridgehead atoms. The van der Waals surface area contributed by atoms with E-state index in [0.717, 1.165) is 67.5 Å². The third-order valence-corrected chi connectivity index (χ3v) is 15.2. The molecule has 0 amide bonds. The molecular weight excluding hydrogens is 751 g/mol. The van der Waals surface area contributed by atoms with E-state index in [1.807, 2.05) is 23.5 Å². The van der Waals surface area contributed by atoms with Crippen LogP contribution in [0.2, 0.25) is 0 Å². The van der Waals surface area contributed by atoms with Crippen LogP contribution < -0.4 is 0 Å². The van der Waals surface area contributed by atoms with E-state index < -0.39 is 0 Å². The molecule has 60 heavy (non-hydrogen) atoms. The second-order valence-corrected chi connectivity index (χ2v) is 18.9. The molecule has 0 aliphatic heterocycles. The van der Waals surface area contributed by atoms with E-state index in [2.05, 4.69) is 146 Å². The average Bonchev–Trinajstić information content (AvgIpc) is 3.87. The lowest BCUT2D eigenvalue weighted by Crippen LogP contribution is -2.48. The molecule has 4 fully saturated rings. The molecular formula is C55H41N3OS. The van der Waals surface area contributed by atoms with E-state index in [9.17, 15) is 0 Å². The van der Waals surface area contributed by atoms with Crippen LogP contribution in [0.25, 0.3) is 98.5 Å². The SMILES string of the molecule is c1ccc(-c2ccccc2-c2nc(-c3cc(-c4ccc(C56CC7CC(CC(C7)C5)C6)cc4)c4c(c3)sc3ccccc34)nc(-c3cccc4c3oc3ccccc34)n2)cc1. The molecule has 0 N–H and O–H groups in total. The standard InChI is InChI=1S/C55H41N3OS/c1-2-11-36(12-3-1)40-13-4-5-15-43(40)53-56-52(57-54(58-53)45-18-10-17-42-41-14-6-8-19-47(41)59-51(42)45)38-28-46(50-44-16-7-9-20-48(44)60-49(50)29-38)37-21-23-39(24-22-37)55-30-33-25-34(31-55)27-35(26-33)32-55/h1-24,28-29,33-35H,25-27,30-32H2. The summed E-state index contributed by atoms with van der Waals surface area (Å²) in [7, 11) is 0. The molecule has 4 aliphatic rings. The van der Waals surface area contributed by atoms with Crippen molar-refractivity contribution in [3.05, 3.63) is 163 Å². The van der Waals surface area contributed by atoms with Crippen LogP contribution in [0.1, 0.15) is 44.1 Å². The Morgan fingerprint density at radius 2 is 1.05 bits per heavy atom. The zero-order valence-electron chi connectivity index (χ0n) is 33.1. The number of benzene rings is 7. The first-order valence-corrected chi connectivity index (χ1v) is 22.3. The Morgan fingerprint density at radius 3 is 1.83 bits per heavy atom. The number of thiophene rings is 1. The molecule has 3 aromatic heterocycles. The van der Waals surface area contributed by atoms with Crippen LogP contribution in [0.3, 0.4) is 0 Å². The molecule has 4 aliphatic carbocycles. The predicted molar refractivity (Wildman–Crippen MR) is 247 cm³/mol. The summed E-state index contributed by atoms with van der Waals surface area (Å²) < 4.78 is 9.08. The summed E-state index contributed by atoms with van der Waals surface area (Å²) in [6, 6.07) is 56.6. The molecule has 288 valence electrons. The van der Waals surface area contributed by atoms with E-state index >= 15 is 0 Å². The van der Waals surface area contributed by atoms with Gasteiger partial charge in [-0.05, 0) is 120 Å². The number of nitrogens with zero attached hydrogens (tertiary/aromatic N) is 3. The van der Waals surface area contributed by atoms with Gasteiger partial charge in [-0.15, -0.1) is 11.3 Å². The fraction of sp³-hybridized carbons (Fsp3) is 0.182. The lowest BCUT2D eigenvalue weighted by Gasteiger charge is -2.57. The first-order valence-electron chi connectivity index (χ1n) is 21.5. The van der Waals surface area contributed by atoms with E-state index in [-0.39, 0.29) is 0 Å². The van der Waals surface area contributed by atoms with Gasteiger partial charge in [-0.3, -0.25) is 0 Å². The molecule has 5 heteroatoms. The van der Waals surface area contributed by atoms with Crippen molar-refractivity contribution in [2.45, 2.75) is 43.9 Å². The summed E-state index contributed by atoms with van der Waals surface area (Å²) in [4.78, 5) is 16.0. The summed E-state index contributed by atoms with van der Waals surface area (Å²) >= 11 is 1.84. The topological polar surface area (TPSA) is 51.8 Å². The summed E-state index contributed by atoms with van der Waals surface area (Å²) in [5, 5.41) is 4.70. The van der Waals surface area contributed by atoms with Crippen LogP contribution in [0, 0.1) is 17.8 Å². The number of furan rings is 1. The molecule has 0 saturated heterocycles. The van der Waals surface area contributed by atoms with Crippen LogP contribution in [0.5, 0.6) is 0 Å². The summed E-state index contributed by atoms with van der Waals surface area (Å²) in [5.41, 5.74) is 10.9. The smallest absolute Gasteiger partial charge is 0.167 e. The fourth-order valence-corrected chi connectivity index (χ4v) is 13.1. The minimum Gasteiger partial charge on any atom is -0.455 e. The molecule has 3 heterocycles. The van der Waals surface area contributed by atoms with Gasteiger partial charge in [0.2, 0.25) is 0 Å². The monoisotopic (exact) mass is 791 g/mol. The Bertz CT molecular complexity index is 3270. The van der Waals surface area contributed by atoms with Crippen LogP contribution in [-0.4, -0.2) is 15.0 Å². The maximum absolute atomic E-state index is 6.58. The molecule has 0 spiro atoms. The van der Waals surface area contributed by atoms with Crippen molar-refractivity contribution in [1.82, 2.24) is 15.0 Å². The largest absolute Gasteiger partial charge is 0.455 e. The van der Waals surface area contributed by atoms with Gasteiger partial charge in [0.1, 0.15) is 11.2 Å². The summed E-state index contributed by atoms with van der Waals surface area (Å²) in [6.07, 6.45) is 8.47. The minimum absolute atomic E-state index is 0.357. The highest BCUT2D eigenvalue weighted by molar-refractivity contribution is 7.26. The highest BCUT2D eigenvalue weighted by Gasteiger charge is 2.51. The van der Waals surface area contributed by atoms with E-state index in [1.165, 1.54) is 69.8 Å². The van der Waals surface area contributed by atoms with Gasteiger partial charge in [0, 0.05) is 42.1 Å². The fourth-order valence-electron chi connectivity index (χ4n) is 11.9. The van der Waals surface area contributed by atoms with Gasteiger partial charge in [-0.25, -0.2) is 15.0 Å². The lowest BCUT2D eigenvalue weighted by atomic mass is 9.48. The van der Waals surface area contributed by atoms with Gasteiger partial charge in [0.05, 0.1) is 5.56 Å². The van der Waals surface area contributed by atoms with Crippen LogP contribution in [0.4, 0.5) is 0 Å². The Labute approximate surface area is 352 Å². The molecule has 0 radical (unpaired) electrons. The average molecular weight is 792 g/mol. The van der Waals surface area contributed by atoms with Crippen molar-refractivity contribution in [3.8, 4) is 56.4 Å². The number of hydrogen-bond donors (Lipinski definition) is 0. The quantitative estimate of drug-likeness (QED) is 0.168. The van der Waals surface area contributed by atoms with Gasteiger partial charge in [0.15, 0.2) is 17.5 Å². The first-order chi connectivity index (χ1) is 29.6. The number of aromatic nitrogens is 3. The maximum Gasteiger partial charge on any atom is 0.167 e. The van der Waals surface area contributed by atoms with E-state index in [0.29, 0.717) is 22.9 Å². The minimum atomic E-state index is 0.357. The molecule has 7 aromatic carbocycles. The van der Waals surface area contributed by atoms with Crippen molar-refractivity contribution < 1.29 is 4.42 Å². The number of fused-ring (bicyclic) bond motifs is 6. The Kier molecular flexibility index (Phi) is 7.63.